The summed E-state index contributed by atoms with van der Waals surface area (Å²) in [4.78, 5) is 22.8. The van der Waals surface area contributed by atoms with E-state index in [0.717, 1.165) is 6.92 Å². The Morgan fingerprint density at radius 3 is 2.00 bits per heavy atom. The van der Waals surface area contributed by atoms with E-state index in [1.807, 2.05) is 0 Å². The summed E-state index contributed by atoms with van der Waals surface area (Å²) in [5.74, 6) is -14.0. The molecule has 0 saturated heterocycles. The minimum absolute atomic E-state index is 0.205. The lowest BCUT2D eigenvalue weighted by atomic mass is 10.2. The largest absolute Gasteiger partial charge is 0.743 e. The molecule has 0 bridgehead atoms. The van der Waals surface area contributed by atoms with E-state index in [2.05, 4.69) is 20.8 Å². The lowest BCUT2D eigenvalue weighted by Gasteiger charge is -2.32. The third-order valence-corrected chi connectivity index (χ3v) is 3.94. The van der Waals surface area contributed by atoms with Crippen molar-refractivity contribution in [2.24, 2.45) is 0 Å². The van der Waals surface area contributed by atoms with Crippen LogP contribution in [0.3, 0.4) is 0 Å². The number of esters is 2. The number of hydrogen-bond acceptors (Lipinski definition) is 8. The van der Waals surface area contributed by atoms with Crippen LogP contribution in [0.5, 0.6) is 0 Å². The van der Waals surface area contributed by atoms with E-state index >= 15 is 0 Å². The third-order valence-electron chi connectivity index (χ3n) is 3.01. The number of hydrogen-bond donors (Lipinski definition) is 0. The van der Waals surface area contributed by atoms with E-state index in [4.69, 9.17) is 0 Å². The van der Waals surface area contributed by atoms with E-state index in [9.17, 15) is 53.3 Å². The summed E-state index contributed by atoms with van der Waals surface area (Å²) < 4.78 is 135. The molecule has 0 aliphatic heterocycles. The van der Waals surface area contributed by atoms with Gasteiger partial charge in [-0.25, -0.2) is 18.0 Å². The number of halogens is 7. The first kappa shape index (κ1) is 27.1. The van der Waals surface area contributed by atoms with Crippen LogP contribution in [0, 0.1) is 0 Å². The highest BCUT2D eigenvalue weighted by Gasteiger charge is 2.68. The molecule has 0 N–H and O–H groups in total. The third kappa shape index (κ3) is 6.02. The molecule has 8 nitrogen and oxygen atoms in total. The quantitative estimate of drug-likeness (QED) is 0.114. The highest BCUT2D eigenvalue weighted by molar-refractivity contribution is 7.86. The Kier molecular flexibility index (Phi) is 8.63. The van der Waals surface area contributed by atoms with E-state index in [1.54, 1.807) is 0 Å². The van der Waals surface area contributed by atoms with Crippen LogP contribution in [0.25, 0.3) is 0 Å². The van der Waals surface area contributed by atoms with Gasteiger partial charge in [-0.3, -0.25) is 0 Å². The van der Waals surface area contributed by atoms with Crippen molar-refractivity contribution < 1.29 is 67.5 Å². The van der Waals surface area contributed by atoms with Crippen molar-refractivity contribution >= 4 is 22.1 Å². The van der Waals surface area contributed by atoms with Crippen molar-refractivity contribution in [1.29, 1.82) is 0 Å². The summed E-state index contributed by atoms with van der Waals surface area (Å²) in [5.41, 5.74) is 0. The van der Waals surface area contributed by atoms with Gasteiger partial charge in [0, 0.05) is 12.5 Å². The first-order chi connectivity index (χ1) is 12.9. The normalized spacial score (nSPS) is 15.3. The summed E-state index contributed by atoms with van der Waals surface area (Å²) >= 11 is 0. The highest BCUT2D eigenvalue weighted by Crippen LogP contribution is 2.42. The predicted molar refractivity (Wildman–Crippen MR) is 76.5 cm³/mol. The maximum atomic E-state index is 13.3. The van der Waals surface area contributed by atoms with Crippen LogP contribution in [-0.4, -0.2) is 61.3 Å². The van der Waals surface area contributed by atoms with Gasteiger partial charge in [-0.1, -0.05) is 6.58 Å². The average Bonchev–Trinajstić information content (AvgIpc) is 2.55. The fourth-order valence-electron chi connectivity index (χ4n) is 1.63. The molecule has 0 amide bonds. The number of carbonyl (C=O) groups excluding carboxylic acids is 2. The molecule has 0 heterocycles. The van der Waals surface area contributed by atoms with Gasteiger partial charge in [-0.05, 0) is 13.3 Å². The lowest BCUT2D eigenvalue weighted by Crippen LogP contribution is -2.58. The summed E-state index contributed by atoms with van der Waals surface area (Å²) in [5, 5.41) is -6.06. The zero-order valence-corrected chi connectivity index (χ0v) is 15.2. The molecule has 16 heteroatoms. The van der Waals surface area contributed by atoms with Gasteiger partial charge in [-0.15, -0.1) is 0 Å². The Morgan fingerprint density at radius 2 is 1.62 bits per heavy atom. The van der Waals surface area contributed by atoms with Crippen LogP contribution in [0.15, 0.2) is 12.7 Å². The molecule has 170 valence electrons. The van der Waals surface area contributed by atoms with Gasteiger partial charge < -0.3 is 18.8 Å². The smallest absolute Gasteiger partial charge is 0.468 e. The van der Waals surface area contributed by atoms with Crippen molar-refractivity contribution in [3.8, 4) is 0 Å². The monoisotopic (exact) mass is 463 g/mol. The second kappa shape index (κ2) is 9.25. The second-order valence-corrected chi connectivity index (χ2v) is 6.51. The van der Waals surface area contributed by atoms with E-state index in [-0.39, 0.29) is 6.08 Å². The van der Waals surface area contributed by atoms with Crippen molar-refractivity contribution in [3.63, 3.8) is 0 Å². The molecule has 0 spiro atoms. The first-order valence-corrected chi connectivity index (χ1v) is 8.74. The average molecular weight is 463 g/mol. The van der Waals surface area contributed by atoms with Gasteiger partial charge in [-0.2, -0.15) is 30.7 Å². The first-order valence-electron chi connectivity index (χ1n) is 7.34. The van der Waals surface area contributed by atoms with Crippen LogP contribution < -0.4 is 0 Å². The van der Waals surface area contributed by atoms with Gasteiger partial charge in [0.05, 0.1) is 13.2 Å². The Labute approximate surface area is 159 Å². The molecular formula is C13H14F7O8S-. The van der Waals surface area contributed by atoms with Crippen molar-refractivity contribution in [3.05, 3.63) is 12.7 Å². The second-order valence-electron chi connectivity index (χ2n) is 5.09. The van der Waals surface area contributed by atoms with Crippen LogP contribution in [0.1, 0.15) is 19.8 Å². The Balaban J connectivity index is 5.57. The zero-order chi connectivity index (χ0) is 23.3. The van der Waals surface area contributed by atoms with Crippen LogP contribution >= 0.6 is 0 Å². The SMILES string of the molecule is C=CC(=O)OC(OCCCC(F)(F)C(F)(F)S(=O)(=O)[O-])(C(=O)OCC)C(F)(F)F. The van der Waals surface area contributed by atoms with Gasteiger partial charge in [0.15, 0.2) is 10.1 Å². The number of carbonyl (C=O) groups is 2. The fraction of sp³-hybridized carbons (Fsp3) is 0.692. The molecule has 0 saturated carbocycles. The molecule has 0 aliphatic rings. The molecule has 1 atom stereocenters. The minimum Gasteiger partial charge on any atom is -0.743 e. The van der Waals surface area contributed by atoms with Crippen molar-refractivity contribution in [2.45, 2.75) is 42.9 Å². The molecule has 0 rings (SSSR count). The van der Waals surface area contributed by atoms with Crippen LogP contribution in [-0.2, 0) is 33.9 Å². The number of alkyl halides is 7. The van der Waals surface area contributed by atoms with Gasteiger partial charge in [0.2, 0.25) is 0 Å². The Morgan fingerprint density at radius 1 is 1.10 bits per heavy atom. The van der Waals surface area contributed by atoms with Crippen molar-refractivity contribution in [2.75, 3.05) is 13.2 Å². The van der Waals surface area contributed by atoms with E-state index in [1.165, 1.54) is 0 Å². The summed E-state index contributed by atoms with van der Waals surface area (Å²) in [7, 11) is -6.80. The highest BCUT2D eigenvalue weighted by atomic mass is 32.2. The van der Waals surface area contributed by atoms with Gasteiger partial charge in [0.25, 0.3) is 0 Å². The number of ether oxygens (including phenoxy) is 3. The molecule has 0 aromatic heterocycles. The summed E-state index contributed by atoms with van der Waals surface area (Å²) in [6.45, 7) is 1.64. The van der Waals surface area contributed by atoms with E-state index in [0.29, 0.717) is 0 Å². The Hall–Kier alpha value is -1.94. The minimum atomic E-state index is -6.80. The van der Waals surface area contributed by atoms with Crippen LogP contribution in [0.4, 0.5) is 30.7 Å². The molecule has 29 heavy (non-hydrogen) atoms. The molecule has 0 aromatic carbocycles. The van der Waals surface area contributed by atoms with Crippen molar-refractivity contribution in [1.82, 2.24) is 0 Å². The maximum Gasteiger partial charge on any atom is 0.468 e. The summed E-state index contributed by atoms with van der Waals surface area (Å²) in [6, 6.07) is 0. The van der Waals surface area contributed by atoms with E-state index < -0.39 is 71.3 Å². The molecule has 0 fully saturated rings. The molecule has 0 aliphatic carbocycles. The van der Waals surface area contributed by atoms with Crippen LogP contribution in [0.2, 0.25) is 0 Å². The van der Waals surface area contributed by atoms with Gasteiger partial charge in [0.1, 0.15) is 0 Å². The Bertz CT molecular complexity index is 719. The standard InChI is InChI=1S/C13H15F7O8S/c1-3-8(21)28-11(12(16,17)18,9(22)26-4-2)27-7-5-6-10(14,15)13(19,20)29(23,24)25/h3H,1,4-7H2,2H3,(H,23,24,25)/p-1. The summed E-state index contributed by atoms with van der Waals surface area (Å²) in [6.07, 6.45) is -9.14. The van der Waals surface area contributed by atoms with Gasteiger partial charge >= 0.3 is 35.1 Å². The molecular weight excluding hydrogens is 449 g/mol. The molecule has 1 unspecified atom stereocenters. The number of rotatable bonds is 11. The predicted octanol–water partition coefficient (Wildman–Crippen LogP) is 2.11. The molecule has 0 aromatic rings. The fourth-order valence-corrected chi connectivity index (χ4v) is 2.10. The zero-order valence-electron chi connectivity index (χ0n) is 14.4. The maximum absolute atomic E-state index is 13.3. The topological polar surface area (TPSA) is 119 Å². The lowest BCUT2D eigenvalue weighted by molar-refractivity contribution is -0.354. The molecule has 0 radical (unpaired) electrons.